The standard InChI is InChI=1S/C24H33ClN2O6S/c1-12(25)16(22-19(29)18(28)20(30)24(33-22)34-2)27-23(31)17-21-15(11-26-17)10-14(8-9-32-21)13-6-4-3-5-7-13/h3-7,10,12,15-22,24,26,28-30H,8-9,11H2,1-2H3,(H,27,31)/t12-,15-,16+,17-,18+,19?,20+,21+,22+,24?/m0/s1. The first-order chi connectivity index (χ1) is 16.3. The van der Waals surface area contributed by atoms with Crippen molar-refractivity contribution in [3.8, 4) is 0 Å². The predicted octanol–water partition coefficient (Wildman–Crippen LogP) is 0.730. The molecule has 10 heteroatoms. The highest BCUT2D eigenvalue weighted by Crippen LogP contribution is 2.32. The van der Waals surface area contributed by atoms with Crippen LogP contribution >= 0.6 is 23.4 Å². The van der Waals surface area contributed by atoms with E-state index < -0.39 is 47.3 Å². The van der Waals surface area contributed by atoms with Crippen molar-refractivity contribution in [1.29, 1.82) is 0 Å². The molecule has 34 heavy (non-hydrogen) atoms. The van der Waals surface area contributed by atoms with Crippen LogP contribution in [0, 0.1) is 5.92 Å². The Morgan fingerprint density at radius 3 is 2.62 bits per heavy atom. The summed E-state index contributed by atoms with van der Waals surface area (Å²) in [5, 5.41) is 36.6. The Bertz CT molecular complexity index is 872. The molecule has 5 N–H and O–H groups in total. The first-order valence-corrected chi connectivity index (χ1v) is 13.3. The zero-order valence-corrected chi connectivity index (χ0v) is 20.8. The van der Waals surface area contributed by atoms with Crippen molar-refractivity contribution in [3.63, 3.8) is 0 Å². The summed E-state index contributed by atoms with van der Waals surface area (Å²) in [6, 6.07) is 8.77. The molecule has 3 heterocycles. The normalized spacial score (nSPS) is 37.8. The van der Waals surface area contributed by atoms with Gasteiger partial charge in [-0.3, -0.25) is 4.79 Å². The van der Waals surface area contributed by atoms with E-state index in [0.29, 0.717) is 13.2 Å². The van der Waals surface area contributed by atoms with Crippen molar-refractivity contribution in [1.82, 2.24) is 10.6 Å². The number of hydrogen-bond donors (Lipinski definition) is 5. The summed E-state index contributed by atoms with van der Waals surface area (Å²) >= 11 is 7.62. The summed E-state index contributed by atoms with van der Waals surface area (Å²) < 4.78 is 12.0. The van der Waals surface area contributed by atoms with Crippen LogP contribution in [0.3, 0.4) is 0 Å². The van der Waals surface area contributed by atoms with E-state index in [1.54, 1.807) is 13.2 Å². The molecule has 3 aliphatic heterocycles. The first kappa shape index (κ1) is 25.9. The fourth-order valence-electron chi connectivity index (χ4n) is 4.98. The number of carbonyl (C=O) groups is 1. The van der Waals surface area contributed by atoms with Gasteiger partial charge in [-0.15, -0.1) is 23.4 Å². The van der Waals surface area contributed by atoms with Crippen molar-refractivity contribution in [2.45, 2.75) is 66.8 Å². The molecule has 2 unspecified atom stereocenters. The highest BCUT2D eigenvalue weighted by Gasteiger charge is 2.49. The maximum atomic E-state index is 13.3. The van der Waals surface area contributed by atoms with Gasteiger partial charge in [-0.25, -0.2) is 0 Å². The third kappa shape index (κ3) is 5.32. The minimum Gasteiger partial charge on any atom is -0.388 e. The maximum Gasteiger partial charge on any atom is 0.240 e. The summed E-state index contributed by atoms with van der Waals surface area (Å²) in [5.41, 5.74) is 1.61. The van der Waals surface area contributed by atoms with Crippen LogP contribution in [0.25, 0.3) is 5.57 Å². The number of aliphatic hydroxyl groups excluding tert-OH is 3. The third-order valence-corrected chi connectivity index (χ3v) is 7.97. The summed E-state index contributed by atoms with van der Waals surface area (Å²) in [7, 11) is 0. The number of ether oxygens (including phenoxy) is 2. The number of amides is 1. The minimum atomic E-state index is -1.41. The van der Waals surface area contributed by atoms with Gasteiger partial charge in [0, 0.05) is 12.5 Å². The van der Waals surface area contributed by atoms with Gasteiger partial charge in [-0.2, -0.15) is 0 Å². The van der Waals surface area contributed by atoms with Crippen LogP contribution < -0.4 is 10.6 Å². The smallest absolute Gasteiger partial charge is 0.240 e. The number of rotatable bonds is 6. The third-order valence-electron chi connectivity index (χ3n) is 6.84. The molecule has 1 amide bonds. The number of halogens is 1. The van der Waals surface area contributed by atoms with Crippen molar-refractivity contribution in [2.24, 2.45) is 5.92 Å². The second kappa shape index (κ2) is 11.3. The summed E-state index contributed by atoms with van der Waals surface area (Å²) in [5.74, 6) is -0.270. The number of aliphatic hydroxyl groups is 3. The van der Waals surface area contributed by atoms with Gasteiger partial charge in [0.2, 0.25) is 5.91 Å². The Morgan fingerprint density at radius 2 is 1.94 bits per heavy atom. The van der Waals surface area contributed by atoms with E-state index in [1.807, 2.05) is 18.2 Å². The quantitative estimate of drug-likeness (QED) is 0.354. The van der Waals surface area contributed by atoms with Gasteiger partial charge in [0.15, 0.2) is 0 Å². The maximum absolute atomic E-state index is 13.3. The molecule has 3 aliphatic rings. The van der Waals surface area contributed by atoms with Crippen LogP contribution in [0.1, 0.15) is 18.9 Å². The number of nitrogens with one attached hydrogen (secondary N) is 2. The fourth-order valence-corrected chi connectivity index (χ4v) is 5.86. The van der Waals surface area contributed by atoms with Crippen LogP contribution in [0.2, 0.25) is 0 Å². The first-order valence-electron chi connectivity index (χ1n) is 11.6. The summed E-state index contributed by atoms with van der Waals surface area (Å²) in [6.07, 6.45) is -0.678. The topological polar surface area (TPSA) is 120 Å². The molecule has 0 radical (unpaired) electrons. The van der Waals surface area contributed by atoms with Crippen molar-refractivity contribution in [3.05, 3.63) is 42.0 Å². The number of thioether (sulfide) groups is 1. The van der Waals surface area contributed by atoms with Gasteiger partial charge in [0.25, 0.3) is 0 Å². The van der Waals surface area contributed by atoms with E-state index in [0.717, 1.165) is 12.0 Å². The molecule has 1 aromatic rings. The summed E-state index contributed by atoms with van der Waals surface area (Å²) in [4.78, 5) is 13.3. The van der Waals surface area contributed by atoms with Crippen LogP contribution in [0.5, 0.6) is 0 Å². The Kier molecular flexibility index (Phi) is 8.58. The Labute approximate surface area is 209 Å². The number of alkyl halides is 1. The van der Waals surface area contributed by atoms with E-state index in [1.165, 1.54) is 17.3 Å². The van der Waals surface area contributed by atoms with Crippen LogP contribution in [0.4, 0.5) is 0 Å². The van der Waals surface area contributed by atoms with Crippen LogP contribution in [-0.4, -0.2) is 94.1 Å². The molecule has 0 spiro atoms. The Hall–Kier alpha value is -1.17. The van der Waals surface area contributed by atoms with E-state index in [-0.39, 0.29) is 17.9 Å². The second-order valence-corrected chi connectivity index (χ2v) is 10.7. The van der Waals surface area contributed by atoms with Gasteiger partial charge in [0.1, 0.15) is 35.9 Å². The van der Waals surface area contributed by atoms with Gasteiger partial charge in [-0.1, -0.05) is 36.4 Å². The molecule has 2 fully saturated rings. The number of benzene rings is 1. The minimum absolute atomic E-state index is 0.0368. The zero-order chi connectivity index (χ0) is 24.4. The number of carbonyl (C=O) groups excluding carboxylic acids is 1. The lowest BCUT2D eigenvalue weighted by atomic mass is 9.92. The average molecular weight is 513 g/mol. The molecule has 8 nitrogen and oxygen atoms in total. The molecule has 0 bridgehead atoms. The number of fused-ring (bicyclic) bond motifs is 1. The molecular weight excluding hydrogens is 480 g/mol. The number of hydrogen-bond acceptors (Lipinski definition) is 8. The lowest BCUT2D eigenvalue weighted by molar-refractivity contribution is -0.205. The fraction of sp³-hybridized carbons (Fsp3) is 0.625. The van der Waals surface area contributed by atoms with Crippen molar-refractivity contribution < 1.29 is 29.6 Å². The molecule has 0 saturated carbocycles. The van der Waals surface area contributed by atoms with Crippen LogP contribution in [-0.2, 0) is 14.3 Å². The molecular formula is C24H33ClN2O6S. The van der Waals surface area contributed by atoms with E-state index >= 15 is 0 Å². The Balaban J connectivity index is 1.47. The van der Waals surface area contributed by atoms with Crippen molar-refractivity contribution in [2.75, 3.05) is 19.4 Å². The Morgan fingerprint density at radius 1 is 1.21 bits per heavy atom. The van der Waals surface area contributed by atoms with Gasteiger partial charge < -0.3 is 35.4 Å². The largest absolute Gasteiger partial charge is 0.388 e. The van der Waals surface area contributed by atoms with Crippen molar-refractivity contribution >= 4 is 34.8 Å². The van der Waals surface area contributed by atoms with Gasteiger partial charge in [0.05, 0.1) is 24.1 Å². The lowest BCUT2D eigenvalue weighted by Crippen LogP contribution is -2.65. The SMILES string of the molecule is CSC1O[C@H]([C@H](NC(=O)[C@H]2NC[C@@H]3C=C(c4ccccc4)CCO[C@@H]23)[C@H](C)Cl)C(O)[C@@H](O)[C@H]1O. The zero-order valence-electron chi connectivity index (χ0n) is 19.2. The van der Waals surface area contributed by atoms with Gasteiger partial charge in [-0.05, 0) is 30.7 Å². The average Bonchev–Trinajstić information content (AvgIpc) is 3.11. The van der Waals surface area contributed by atoms with E-state index in [9.17, 15) is 20.1 Å². The molecule has 1 aromatic carbocycles. The molecule has 10 atom stereocenters. The lowest BCUT2D eigenvalue weighted by Gasteiger charge is -2.44. The molecule has 188 valence electrons. The predicted molar refractivity (Wildman–Crippen MR) is 131 cm³/mol. The highest BCUT2D eigenvalue weighted by molar-refractivity contribution is 7.99. The molecule has 2 saturated heterocycles. The highest BCUT2D eigenvalue weighted by atomic mass is 35.5. The second-order valence-electron chi connectivity index (χ2n) is 9.08. The monoisotopic (exact) mass is 512 g/mol. The molecule has 0 aromatic heterocycles. The van der Waals surface area contributed by atoms with E-state index in [4.69, 9.17) is 21.1 Å². The molecule has 0 aliphatic carbocycles. The van der Waals surface area contributed by atoms with E-state index in [2.05, 4.69) is 28.8 Å². The van der Waals surface area contributed by atoms with Gasteiger partial charge >= 0.3 is 0 Å². The summed E-state index contributed by atoms with van der Waals surface area (Å²) in [6.45, 7) is 2.80. The van der Waals surface area contributed by atoms with Crippen LogP contribution in [0.15, 0.2) is 36.4 Å². The molecule has 4 rings (SSSR count).